The van der Waals surface area contributed by atoms with E-state index in [9.17, 15) is 9.59 Å². The Balaban J connectivity index is 2.75. The first-order chi connectivity index (χ1) is 4.25. The van der Waals surface area contributed by atoms with Crippen LogP contribution in [0.3, 0.4) is 0 Å². The molecule has 0 radical (unpaired) electrons. The highest BCUT2D eigenvalue weighted by Crippen LogP contribution is 1.77. The van der Waals surface area contributed by atoms with E-state index in [1.807, 2.05) is 0 Å². The van der Waals surface area contributed by atoms with Crippen molar-refractivity contribution in [1.29, 1.82) is 0 Å². The number of hydrogen-bond donors (Lipinski definition) is 1. The van der Waals surface area contributed by atoms with Crippen molar-refractivity contribution in [3.63, 3.8) is 0 Å². The zero-order chi connectivity index (χ0) is 6.85. The number of likely N-dealkylation sites (N-methyl/N-ethyl adjacent to an activating group) is 1. The van der Waals surface area contributed by atoms with Gasteiger partial charge in [0.05, 0.1) is 18.7 Å². The van der Waals surface area contributed by atoms with Crippen molar-refractivity contribution in [3.8, 4) is 0 Å². The molecule has 48 valence electrons. The van der Waals surface area contributed by atoms with Crippen LogP contribution in [-0.4, -0.2) is 18.4 Å². The van der Waals surface area contributed by atoms with Crippen LogP contribution in [0.25, 0.3) is 0 Å². The number of quaternary nitrogens is 1. The highest BCUT2D eigenvalue weighted by Gasteiger charge is 2.27. The summed E-state index contributed by atoms with van der Waals surface area (Å²) >= 11 is 0. The molecule has 1 heterocycles. The van der Waals surface area contributed by atoms with Gasteiger partial charge in [0.25, 0.3) is 0 Å². The molecular formula is C6H8NO2+. The number of rotatable bonds is 1. The first-order valence-corrected chi connectivity index (χ1v) is 2.88. The standard InChI is InChI=1S/C6H7NO2/c1-2-7-5(8)3-4-6(7)9/h3-4H,2H2,1H3/p+1. The maximum atomic E-state index is 10.7. The highest BCUT2D eigenvalue weighted by molar-refractivity contribution is 6.01. The van der Waals surface area contributed by atoms with Crippen molar-refractivity contribution in [2.45, 2.75) is 6.92 Å². The van der Waals surface area contributed by atoms with Gasteiger partial charge in [-0.2, -0.15) is 0 Å². The molecular weight excluding hydrogens is 118 g/mol. The van der Waals surface area contributed by atoms with Gasteiger partial charge in [0.2, 0.25) is 0 Å². The minimum Gasteiger partial charge on any atom is -0.226 e. The topological polar surface area (TPSA) is 38.6 Å². The van der Waals surface area contributed by atoms with Crippen LogP contribution in [0.2, 0.25) is 0 Å². The molecule has 0 aromatic rings. The molecule has 0 bridgehead atoms. The molecule has 0 aromatic heterocycles. The Morgan fingerprint density at radius 3 is 2.00 bits per heavy atom. The van der Waals surface area contributed by atoms with E-state index in [0.29, 0.717) is 11.4 Å². The summed E-state index contributed by atoms with van der Waals surface area (Å²) in [5.74, 6) is -0.245. The normalized spacial score (nSPS) is 19.7. The molecule has 1 aliphatic heterocycles. The van der Waals surface area contributed by atoms with Gasteiger partial charge in [-0.25, -0.2) is 14.5 Å². The predicted molar refractivity (Wildman–Crippen MR) is 30.7 cm³/mol. The van der Waals surface area contributed by atoms with Crippen molar-refractivity contribution in [2.24, 2.45) is 0 Å². The van der Waals surface area contributed by atoms with E-state index in [-0.39, 0.29) is 11.8 Å². The molecule has 0 unspecified atom stereocenters. The number of hydrogen-bond acceptors (Lipinski definition) is 2. The van der Waals surface area contributed by atoms with Gasteiger partial charge in [-0.3, -0.25) is 0 Å². The molecule has 1 N–H and O–H groups in total. The fourth-order valence-electron chi connectivity index (χ4n) is 0.822. The van der Waals surface area contributed by atoms with Crippen LogP contribution in [0.15, 0.2) is 12.2 Å². The Hall–Kier alpha value is -0.960. The number of carbonyl (C=O) groups is 2. The maximum Gasteiger partial charge on any atom is 0.345 e. The smallest absolute Gasteiger partial charge is 0.226 e. The van der Waals surface area contributed by atoms with Crippen LogP contribution in [0, 0.1) is 0 Å². The molecule has 0 fully saturated rings. The maximum absolute atomic E-state index is 10.7. The molecule has 0 aromatic carbocycles. The van der Waals surface area contributed by atoms with Crippen molar-refractivity contribution in [3.05, 3.63) is 12.2 Å². The number of imide groups is 1. The second-order valence-electron chi connectivity index (χ2n) is 1.89. The van der Waals surface area contributed by atoms with Gasteiger partial charge in [-0.15, -0.1) is 0 Å². The Morgan fingerprint density at radius 1 is 1.33 bits per heavy atom. The van der Waals surface area contributed by atoms with Crippen molar-refractivity contribution in [2.75, 3.05) is 6.54 Å². The van der Waals surface area contributed by atoms with Crippen LogP contribution >= 0.6 is 0 Å². The molecule has 3 nitrogen and oxygen atoms in total. The molecule has 0 spiro atoms. The van der Waals surface area contributed by atoms with Gasteiger partial charge >= 0.3 is 11.8 Å². The van der Waals surface area contributed by atoms with Crippen molar-refractivity contribution in [1.82, 2.24) is 0 Å². The molecule has 1 rings (SSSR count). The molecule has 0 saturated heterocycles. The van der Waals surface area contributed by atoms with Gasteiger partial charge in [0, 0.05) is 0 Å². The molecule has 0 aliphatic carbocycles. The SMILES string of the molecule is CC[NH+]1C(=O)C=CC1=O. The van der Waals surface area contributed by atoms with Crippen LogP contribution in [0.1, 0.15) is 6.92 Å². The van der Waals surface area contributed by atoms with Crippen LogP contribution in [0.4, 0.5) is 0 Å². The second-order valence-corrected chi connectivity index (χ2v) is 1.89. The Morgan fingerprint density at radius 2 is 1.78 bits per heavy atom. The Labute approximate surface area is 53.0 Å². The molecule has 1 aliphatic rings. The lowest BCUT2D eigenvalue weighted by Gasteiger charge is -2.00. The van der Waals surface area contributed by atoms with Crippen molar-refractivity contribution < 1.29 is 14.5 Å². The van der Waals surface area contributed by atoms with Gasteiger partial charge in [-0.05, 0) is 6.92 Å². The van der Waals surface area contributed by atoms with E-state index in [4.69, 9.17) is 0 Å². The third-order valence-corrected chi connectivity index (χ3v) is 1.33. The van der Waals surface area contributed by atoms with E-state index < -0.39 is 0 Å². The third-order valence-electron chi connectivity index (χ3n) is 1.33. The fraction of sp³-hybridized carbons (Fsp3) is 0.333. The summed E-state index contributed by atoms with van der Waals surface area (Å²) in [5, 5.41) is 0. The van der Waals surface area contributed by atoms with Gasteiger partial charge < -0.3 is 0 Å². The summed E-state index contributed by atoms with van der Waals surface area (Å²) in [6, 6.07) is 0. The average Bonchev–Trinajstić information content (AvgIpc) is 2.12. The van der Waals surface area contributed by atoms with E-state index in [1.165, 1.54) is 12.2 Å². The van der Waals surface area contributed by atoms with Gasteiger partial charge in [0.15, 0.2) is 0 Å². The lowest BCUT2D eigenvalue weighted by atomic mass is 10.5. The number of nitrogens with one attached hydrogen (secondary N) is 1. The zero-order valence-electron chi connectivity index (χ0n) is 5.18. The number of carbonyl (C=O) groups excluding carboxylic acids is 2. The summed E-state index contributed by atoms with van der Waals surface area (Å²) in [5.41, 5.74) is 0. The minimum absolute atomic E-state index is 0.123. The van der Waals surface area contributed by atoms with Crippen LogP contribution in [-0.2, 0) is 9.59 Å². The summed E-state index contributed by atoms with van der Waals surface area (Å²) in [6.45, 7) is 2.35. The summed E-state index contributed by atoms with van der Waals surface area (Å²) in [7, 11) is 0. The Bertz CT molecular complexity index is 165. The quantitative estimate of drug-likeness (QED) is 0.435. The molecule has 9 heavy (non-hydrogen) atoms. The number of amides is 2. The molecule has 0 saturated carbocycles. The molecule has 3 heteroatoms. The first kappa shape index (κ1) is 6.16. The summed E-state index contributed by atoms with van der Waals surface area (Å²) in [6.07, 6.45) is 2.64. The highest BCUT2D eigenvalue weighted by atomic mass is 16.2. The third kappa shape index (κ3) is 0.907. The largest absolute Gasteiger partial charge is 0.345 e. The second kappa shape index (κ2) is 2.11. The lowest BCUT2D eigenvalue weighted by molar-refractivity contribution is -0.727. The zero-order valence-corrected chi connectivity index (χ0v) is 5.18. The van der Waals surface area contributed by atoms with E-state index in [0.717, 1.165) is 0 Å². The predicted octanol–water partition coefficient (Wildman–Crippen LogP) is -1.49. The lowest BCUT2D eigenvalue weighted by Crippen LogP contribution is -3.14. The molecule has 0 atom stereocenters. The van der Waals surface area contributed by atoms with E-state index in [1.54, 1.807) is 6.92 Å². The molecule has 2 amide bonds. The van der Waals surface area contributed by atoms with Gasteiger partial charge in [-0.1, -0.05) is 0 Å². The summed E-state index contributed by atoms with van der Waals surface area (Å²) < 4.78 is 0. The monoisotopic (exact) mass is 126 g/mol. The minimum atomic E-state index is -0.123. The Kier molecular flexibility index (Phi) is 1.44. The van der Waals surface area contributed by atoms with Crippen LogP contribution < -0.4 is 4.90 Å². The van der Waals surface area contributed by atoms with Crippen molar-refractivity contribution >= 4 is 11.8 Å². The summed E-state index contributed by atoms with van der Waals surface area (Å²) in [4.78, 5) is 21.8. The first-order valence-electron chi connectivity index (χ1n) is 2.88. The van der Waals surface area contributed by atoms with E-state index in [2.05, 4.69) is 0 Å². The average molecular weight is 126 g/mol. The van der Waals surface area contributed by atoms with Crippen LogP contribution in [0.5, 0.6) is 0 Å². The fourth-order valence-corrected chi connectivity index (χ4v) is 0.822. The van der Waals surface area contributed by atoms with Gasteiger partial charge in [0.1, 0.15) is 0 Å². The van der Waals surface area contributed by atoms with E-state index >= 15 is 0 Å².